The summed E-state index contributed by atoms with van der Waals surface area (Å²) in [5, 5.41) is 8.66. The number of anilines is 1. The van der Waals surface area contributed by atoms with Gasteiger partial charge in [0.05, 0.1) is 36.8 Å². The molecule has 0 amide bonds. The maximum Gasteiger partial charge on any atom is 0.393 e. The largest absolute Gasteiger partial charge is 0.491 e. The lowest BCUT2D eigenvalue weighted by Gasteiger charge is -2.20. The van der Waals surface area contributed by atoms with E-state index in [4.69, 9.17) is 4.74 Å². The van der Waals surface area contributed by atoms with E-state index in [1.807, 2.05) is 30.3 Å². The third kappa shape index (κ3) is 4.32. The molecule has 5 rings (SSSR count). The molecule has 2 aromatic carbocycles. The lowest BCUT2D eigenvalue weighted by Crippen LogP contribution is -2.27. The number of methoxy groups -OCH3 is 1. The van der Waals surface area contributed by atoms with Crippen LogP contribution in [0.15, 0.2) is 71.8 Å². The Morgan fingerprint density at radius 3 is 2.50 bits per heavy atom. The van der Waals surface area contributed by atoms with Crippen LogP contribution in [0.3, 0.4) is 0 Å². The molecule has 1 fully saturated rings. The Labute approximate surface area is 203 Å². The second kappa shape index (κ2) is 9.14. The van der Waals surface area contributed by atoms with Crippen LogP contribution >= 0.6 is 0 Å². The minimum Gasteiger partial charge on any atom is -0.491 e. The summed E-state index contributed by atoms with van der Waals surface area (Å²) in [6, 6.07) is 14.9. The van der Waals surface area contributed by atoms with Crippen LogP contribution in [0.25, 0.3) is 22.8 Å². The van der Waals surface area contributed by atoms with Gasteiger partial charge in [-0.1, -0.05) is 18.2 Å². The molecule has 36 heavy (non-hydrogen) atoms. The molecule has 3 heterocycles. The van der Waals surface area contributed by atoms with Gasteiger partial charge in [-0.3, -0.25) is 4.79 Å². The zero-order valence-electron chi connectivity index (χ0n) is 19.1. The van der Waals surface area contributed by atoms with Crippen molar-refractivity contribution in [3.8, 4) is 28.5 Å². The van der Waals surface area contributed by atoms with Crippen LogP contribution in [0.5, 0.6) is 5.75 Å². The van der Waals surface area contributed by atoms with Crippen molar-refractivity contribution in [1.82, 2.24) is 19.6 Å². The molecule has 1 saturated heterocycles. The fraction of sp³-hybridized carbons (Fsp3) is 0.240. The molecule has 4 aromatic rings. The standard InChI is InChI=1S/C25H21F4N5O2/c1-36-22-15-33(20-8-7-18(13-19(20)26)32-12-10-16(14-32)25(27,28)29)31-23(24(22)35)21-9-11-30-34(21)17-5-3-2-4-6-17/h2-9,11,13,15-16H,10,12,14H2,1H3. The number of halogens is 4. The van der Waals surface area contributed by atoms with Crippen LogP contribution in [0, 0.1) is 11.7 Å². The molecule has 0 bridgehead atoms. The van der Waals surface area contributed by atoms with Gasteiger partial charge in [0, 0.05) is 18.8 Å². The lowest BCUT2D eigenvalue weighted by atomic mass is 10.1. The third-order valence-electron chi connectivity index (χ3n) is 6.19. The maximum absolute atomic E-state index is 15.2. The summed E-state index contributed by atoms with van der Waals surface area (Å²) in [5.41, 5.74) is 0.928. The van der Waals surface area contributed by atoms with E-state index in [-0.39, 0.29) is 36.6 Å². The minimum atomic E-state index is -4.29. The second-order valence-corrected chi connectivity index (χ2v) is 8.39. The summed E-state index contributed by atoms with van der Waals surface area (Å²) in [4.78, 5) is 14.6. The zero-order valence-corrected chi connectivity index (χ0v) is 19.1. The molecule has 1 unspecified atom stereocenters. The highest BCUT2D eigenvalue weighted by Gasteiger charge is 2.43. The zero-order chi connectivity index (χ0) is 25.4. The van der Waals surface area contributed by atoms with E-state index in [0.29, 0.717) is 17.1 Å². The van der Waals surface area contributed by atoms with Gasteiger partial charge in [-0.05, 0) is 42.8 Å². The van der Waals surface area contributed by atoms with E-state index >= 15 is 4.39 Å². The van der Waals surface area contributed by atoms with E-state index in [1.165, 1.54) is 52.0 Å². The third-order valence-corrected chi connectivity index (χ3v) is 6.19. The lowest BCUT2D eigenvalue weighted by molar-refractivity contribution is -0.168. The molecule has 1 aliphatic heterocycles. The van der Waals surface area contributed by atoms with Crippen LogP contribution < -0.4 is 15.1 Å². The predicted octanol–water partition coefficient (Wildman–Crippen LogP) is 4.62. The minimum absolute atomic E-state index is 0.00765. The van der Waals surface area contributed by atoms with Gasteiger partial charge >= 0.3 is 6.18 Å². The van der Waals surface area contributed by atoms with Crippen molar-refractivity contribution in [2.75, 3.05) is 25.1 Å². The predicted molar refractivity (Wildman–Crippen MR) is 125 cm³/mol. The molecule has 11 heteroatoms. The fourth-order valence-corrected chi connectivity index (χ4v) is 4.30. The first-order chi connectivity index (χ1) is 17.3. The summed E-state index contributed by atoms with van der Waals surface area (Å²) in [6.45, 7) is -0.0410. The van der Waals surface area contributed by atoms with E-state index < -0.39 is 23.3 Å². The van der Waals surface area contributed by atoms with E-state index in [0.717, 1.165) is 0 Å². The molecule has 2 aromatic heterocycles. The topological polar surface area (TPSA) is 65.2 Å². The summed E-state index contributed by atoms with van der Waals surface area (Å²) >= 11 is 0. The normalized spacial score (nSPS) is 15.9. The van der Waals surface area contributed by atoms with E-state index in [9.17, 15) is 18.0 Å². The first-order valence-electron chi connectivity index (χ1n) is 11.2. The van der Waals surface area contributed by atoms with Crippen LogP contribution in [0.1, 0.15) is 6.42 Å². The monoisotopic (exact) mass is 499 g/mol. The number of hydrogen-bond acceptors (Lipinski definition) is 5. The Kier molecular flexibility index (Phi) is 5.99. The molecule has 1 aliphatic rings. The van der Waals surface area contributed by atoms with Crippen LogP contribution in [-0.2, 0) is 0 Å². The Morgan fingerprint density at radius 2 is 1.83 bits per heavy atom. The molecular weight excluding hydrogens is 478 g/mol. The van der Waals surface area contributed by atoms with Gasteiger partial charge in [-0.25, -0.2) is 13.8 Å². The number of benzene rings is 2. The molecule has 0 spiro atoms. The number of ether oxygens (including phenoxy) is 1. The Morgan fingerprint density at radius 1 is 1.06 bits per heavy atom. The summed E-state index contributed by atoms with van der Waals surface area (Å²) < 4.78 is 62.3. The van der Waals surface area contributed by atoms with E-state index in [2.05, 4.69) is 10.2 Å². The Hall–Kier alpha value is -4.15. The maximum atomic E-state index is 15.2. The molecule has 186 valence electrons. The van der Waals surface area contributed by atoms with Gasteiger partial charge in [0.2, 0.25) is 0 Å². The SMILES string of the molecule is COc1cn(-c2ccc(N3CCC(C(F)(F)F)C3)cc2F)nc(-c2ccnn2-c2ccccc2)c1=O. The Bertz CT molecular complexity index is 1450. The van der Waals surface area contributed by atoms with Crippen molar-refractivity contribution in [3.05, 3.63) is 83.0 Å². The van der Waals surface area contributed by atoms with Crippen molar-refractivity contribution < 1.29 is 22.3 Å². The molecule has 0 N–H and O–H groups in total. The first-order valence-corrected chi connectivity index (χ1v) is 11.2. The average molecular weight is 499 g/mol. The number of aromatic nitrogens is 4. The van der Waals surface area contributed by atoms with Crippen molar-refractivity contribution in [1.29, 1.82) is 0 Å². The molecule has 0 saturated carbocycles. The van der Waals surface area contributed by atoms with Crippen molar-refractivity contribution in [2.45, 2.75) is 12.6 Å². The van der Waals surface area contributed by atoms with Crippen LogP contribution in [0.4, 0.5) is 23.2 Å². The number of alkyl halides is 3. The van der Waals surface area contributed by atoms with Gasteiger partial charge in [0.25, 0.3) is 5.43 Å². The summed E-state index contributed by atoms with van der Waals surface area (Å²) in [7, 11) is 1.32. The number of rotatable bonds is 5. The highest BCUT2D eigenvalue weighted by atomic mass is 19.4. The highest BCUT2D eigenvalue weighted by Crippen LogP contribution is 2.36. The van der Waals surface area contributed by atoms with Gasteiger partial charge in [-0.2, -0.15) is 23.4 Å². The smallest absolute Gasteiger partial charge is 0.393 e. The van der Waals surface area contributed by atoms with Crippen LogP contribution in [0.2, 0.25) is 0 Å². The van der Waals surface area contributed by atoms with Crippen molar-refractivity contribution in [2.24, 2.45) is 5.92 Å². The van der Waals surface area contributed by atoms with Gasteiger partial charge < -0.3 is 9.64 Å². The van der Waals surface area contributed by atoms with Crippen molar-refractivity contribution in [3.63, 3.8) is 0 Å². The van der Waals surface area contributed by atoms with Gasteiger partial charge in [-0.15, -0.1) is 0 Å². The quantitative estimate of drug-likeness (QED) is 0.375. The summed E-state index contributed by atoms with van der Waals surface area (Å²) in [6.07, 6.45) is -1.54. The van der Waals surface area contributed by atoms with Gasteiger partial charge in [0.1, 0.15) is 5.69 Å². The van der Waals surface area contributed by atoms with Crippen molar-refractivity contribution >= 4 is 5.69 Å². The molecular formula is C25H21F4N5O2. The van der Waals surface area contributed by atoms with E-state index in [1.54, 1.807) is 6.07 Å². The number of para-hydroxylation sites is 1. The first kappa shape index (κ1) is 23.6. The Balaban J connectivity index is 1.53. The number of nitrogens with zero attached hydrogens (tertiary/aromatic N) is 5. The molecule has 0 aliphatic carbocycles. The van der Waals surface area contributed by atoms with Gasteiger partial charge in [0.15, 0.2) is 17.3 Å². The second-order valence-electron chi connectivity index (χ2n) is 8.39. The fourth-order valence-electron chi connectivity index (χ4n) is 4.30. The number of hydrogen-bond donors (Lipinski definition) is 0. The average Bonchev–Trinajstić information content (AvgIpc) is 3.55. The summed E-state index contributed by atoms with van der Waals surface area (Å²) in [5.74, 6) is -2.21. The molecule has 1 atom stereocenters. The highest BCUT2D eigenvalue weighted by molar-refractivity contribution is 5.60. The molecule has 7 nitrogen and oxygen atoms in total. The van der Waals surface area contributed by atoms with Crippen LogP contribution in [-0.4, -0.2) is 45.9 Å². The molecule has 0 radical (unpaired) electrons.